The zero-order chi connectivity index (χ0) is 19.2. The summed E-state index contributed by atoms with van der Waals surface area (Å²) in [6.45, 7) is 4.55. The van der Waals surface area contributed by atoms with Gasteiger partial charge in [0.15, 0.2) is 0 Å². The number of nitrogens with one attached hydrogen (secondary N) is 1. The van der Waals surface area contributed by atoms with E-state index in [0.29, 0.717) is 18.6 Å². The van der Waals surface area contributed by atoms with Crippen molar-refractivity contribution < 1.29 is 14.3 Å². The third-order valence-electron chi connectivity index (χ3n) is 5.35. The molecule has 0 spiro atoms. The highest BCUT2D eigenvalue weighted by atomic mass is 32.1. The van der Waals surface area contributed by atoms with E-state index in [2.05, 4.69) is 10.2 Å². The molecule has 27 heavy (non-hydrogen) atoms. The Morgan fingerprint density at radius 1 is 1.26 bits per heavy atom. The minimum atomic E-state index is -0.00670. The first kappa shape index (κ1) is 20.1. The van der Waals surface area contributed by atoms with Crippen molar-refractivity contribution in [2.24, 2.45) is 0 Å². The van der Waals surface area contributed by atoms with Crippen molar-refractivity contribution in [1.29, 1.82) is 0 Å². The first-order chi connectivity index (χ1) is 13.1. The molecule has 2 aliphatic heterocycles. The molecule has 1 N–H and O–H groups in total. The number of thiophene rings is 1. The summed E-state index contributed by atoms with van der Waals surface area (Å²) in [5.74, 6) is -0.00670. The monoisotopic (exact) mass is 394 g/mol. The molecule has 0 aromatic carbocycles. The van der Waals surface area contributed by atoms with Crippen molar-refractivity contribution in [2.75, 3.05) is 53.5 Å². The standard InChI is InChI=1S/C19H30N4O3S/c1-21(2)19(25)22-9-5-16(14-22)23(15-6-11-26-12-7-15)10-8-20-18(24)17-4-3-13-27-17/h3-4,13,15-16H,5-12,14H2,1-2H3,(H,20,24). The maximum absolute atomic E-state index is 12.3. The van der Waals surface area contributed by atoms with Gasteiger partial charge in [0.1, 0.15) is 0 Å². The van der Waals surface area contributed by atoms with E-state index in [4.69, 9.17) is 4.74 Å². The maximum atomic E-state index is 12.3. The summed E-state index contributed by atoms with van der Waals surface area (Å²) in [4.78, 5) is 31.3. The molecule has 150 valence electrons. The quantitative estimate of drug-likeness (QED) is 0.798. The zero-order valence-corrected chi connectivity index (χ0v) is 17.0. The van der Waals surface area contributed by atoms with E-state index in [1.54, 1.807) is 19.0 Å². The number of carbonyl (C=O) groups excluding carboxylic acids is 2. The molecule has 0 aliphatic carbocycles. The Kier molecular flexibility index (Phi) is 7.09. The summed E-state index contributed by atoms with van der Waals surface area (Å²) in [6, 6.07) is 4.61. The van der Waals surface area contributed by atoms with Crippen LogP contribution in [0.5, 0.6) is 0 Å². The van der Waals surface area contributed by atoms with Gasteiger partial charge >= 0.3 is 6.03 Å². The average molecular weight is 395 g/mol. The highest BCUT2D eigenvalue weighted by Gasteiger charge is 2.34. The summed E-state index contributed by atoms with van der Waals surface area (Å²) in [6.07, 6.45) is 3.00. The molecule has 1 atom stereocenters. The lowest BCUT2D eigenvalue weighted by Gasteiger charge is -2.38. The molecule has 8 heteroatoms. The number of urea groups is 1. The van der Waals surface area contributed by atoms with Crippen LogP contribution < -0.4 is 5.32 Å². The predicted molar refractivity (Wildman–Crippen MR) is 106 cm³/mol. The molecule has 0 saturated carbocycles. The lowest BCUT2D eigenvalue weighted by atomic mass is 10.0. The lowest BCUT2D eigenvalue weighted by Crippen LogP contribution is -2.50. The SMILES string of the molecule is CN(C)C(=O)N1CCC(N(CCNC(=O)c2cccs2)C2CCOCC2)C1. The molecule has 2 aliphatic rings. The molecule has 7 nitrogen and oxygen atoms in total. The van der Waals surface area contributed by atoms with Crippen LogP contribution in [0.1, 0.15) is 28.9 Å². The second-order valence-corrected chi connectivity index (χ2v) is 8.33. The molecular formula is C19H30N4O3S. The van der Waals surface area contributed by atoms with Gasteiger partial charge in [-0.15, -0.1) is 11.3 Å². The Balaban J connectivity index is 1.57. The van der Waals surface area contributed by atoms with Gasteiger partial charge in [0.25, 0.3) is 5.91 Å². The van der Waals surface area contributed by atoms with Crippen LogP contribution in [0.4, 0.5) is 4.79 Å². The van der Waals surface area contributed by atoms with Crippen LogP contribution in [0.3, 0.4) is 0 Å². The Hall–Kier alpha value is -1.64. The first-order valence-electron chi connectivity index (χ1n) is 9.67. The Labute approximate surface area is 165 Å². The van der Waals surface area contributed by atoms with Crippen LogP contribution >= 0.6 is 11.3 Å². The summed E-state index contributed by atoms with van der Waals surface area (Å²) in [7, 11) is 3.60. The van der Waals surface area contributed by atoms with Crippen LogP contribution in [0, 0.1) is 0 Å². The van der Waals surface area contributed by atoms with E-state index in [1.807, 2.05) is 22.4 Å². The molecule has 1 aromatic heterocycles. The third-order valence-corrected chi connectivity index (χ3v) is 6.21. The van der Waals surface area contributed by atoms with Crippen LogP contribution in [0.2, 0.25) is 0 Å². The number of likely N-dealkylation sites (tertiary alicyclic amines) is 1. The van der Waals surface area contributed by atoms with Gasteiger partial charge in [0, 0.05) is 65.6 Å². The summed E-state index contributed by atoms with van der Waals surface area (Å²) in [5, 5.41) is 4.95. The largest absolute Gasteiger partial charge is 0.381 e. The fraction of sp³-hybridized carbons (Fsp3) is 0.684. The van der Waals surface area contributed by atoms with Gasteiger partial charge in [-0.2, -0.15) is 0 Å². The number of carbonyl (C=O) groups is 2. The lowest BCUT2D eigenvalue weighted by molar-refractivity contribution is 0.0188. The van der Waals surface area contributed by atoms with Gasteiger partial charge < -0.3 is 19.9 Å². The third kappa shape index (κ3) is 5.21. The second-order valence-electron chi connectivity index (χ2n) is 7.38. The fourth-order valence-electron chi connectivity index (χ4n) is 3.94. The molecule has 1 unspecified atom stereocenters. The molecule has 2 fully saturated rings. The summed E-state index contributed by atoms with van der Waals surface area (Å²) >= 11 is 1.46. The molecule has 3 rings (SSSR count). The second kappa shape index (κ2) is 9.52. The molecule has 2 saturated heterocycles. The van der Waals surface area contributed by atoms with E-state index in [-0.39, 0.29) is 11.9 Å². The van der Waals surface area contributed by atoms with Gasteiger partial charge in [-0.3, -0.25) is 9.69 Å². The maximum Gasteiger partial charge on any atom is 0.319 e. The smallest absolute Gasteiger partial charge is 0.319 e. The number of ether oxygens (including phenoxy) is 1. The topological polar surface area (TPSA) is 65.1 Å². The van der Waals surface area contributed by atoms with Crippen molar-refractivity contribution in [3.63, 3.8) is 0 Å². The highest BCUT2D eigenvalue weighted by Crippen LogP contribution is 2.23. The summed E-state index contributed by atoms with van der Waals surface area (Å²) < 4.78 is 5.53. The number of amides is 3. The average Bonchev–Trinajstić information content (AvgIpc) is 3.37. The van der Waals surface area contributed by atoms with Gasteiger partial charge in [-0.25, -0.2) is 4.79 Å². The Morgan fingerprint density at radius 2 is 2.04 bits per heavy atom. The van der Waals surface area contributed by atoms with Crippen LogP contribution in [0.15, 0.2) is 17.5 Å². The van der Waals surface area contributed by atoms with Gasteiger partial charge in [-0.1, -0.05) is 6.07 Å². The van der Waals surface area contributed by atoms with Crippen LogP contribution in [-0.2, 0) is 4.74 Å². The minimum Gasteiger partial charge on any atom is -0.381 e. The van der Waals surface area contributed by atoms with Gasteiger partial charge in [-0.05, 0) is 30.7 Å². The number of nitrogens with zero attached hydrogens (tertiary/aromatic N) is 3. The highest BCUT2D eigenvalue weighted by molar-refractivity contribution is 7.12. The van der Waals surface area contributed by atoms with Crippen LogP contribution in [0.25, 0.3) is 0 Å². The van der Waals surface area contributed by atoms with E-state index in [0.717, 1.165) is 57.0 Å². The normalized spacial score (nSPS) is 20.9. The Bertz CT molecular complexity index is 616. The fourth-order valence-corrected chi connectivity index (χ4v) is 4.58. The van der Waals surface area contributed by atoms with Crippen molar-refractivity contribution in [3.8, 4) is 0 Å². The molecule has 0 bridgehead atoms. The number of hydrogen-bond donors (Lipinski definition) is 1. The number of hydrogen-bond acceptors (Lipinski definition) is 5. The van der Waals surface area contributed by atoms with Gasteiger partial charge in [0.05, 0.1) is 4.88 Å². The van der Waals surface area contributed by atoms with Gasteiger partial charge in [0.2, 0.25) is 0 Å². The van der Waals surface area contributed by atoms with Crippen molar-refractivity contribution in [2.45, 2.75) is 31.3 Å². The van der Waals surface area contributed by atoms with E-state index >= 15 is 0 Å². The van der Waals surface area contributed by atoms with E-state index in [1.165, 1.54) is 11.3 Å². The summed E-state index contributed by atoms with van der Waals surface area (Å²) in [5.41, 5.74) is 0. The molecule has 3 amide bonds. The first-order valence-corrected chi connectivity index (χ1v) is 10.6. The van der Waals surface area contributed by atoms with E-state index in [9.17, 15) is 9.59 Å². The van der Waals surface area contributed by atoms with Crippen molar-refractivity contribution in [1.82, 2.24) is 20.0 Å². The molecular weight excluding hydrogens is 364 g/mol. The zero-order valence-electron chi connectivity index (χ0n) is 16.2. The van der Waals surface area contributed by atoms with Crippen molar-refractivity contribution >= 4 is 23.3 Å². The van der Waals surface area contributed by atoms with E-state index < -0.39 is 0 Å². The Morgan fingerprint density at radius 3 is 2.70 bits per heavy atom. The molecule has 1 aromatic rings. The van der Waals surface area contributed by atoms with Crippen molar-refractivity contribution in [3.05, 3.63) is 22.4 Å². The number of rotatable bonds is 6. The molecule has 0 radical (unpaired) electrons. The van der Waals surface area contributed by atoms with Crippen LogP contribution in [-0.4, -0.2) is 92.2 Å². The predicted octanol–water partition coefficient (Wildman–Crippen LogP) is 1.71. The minimum absolute atomic E-state index is 0.00670. The molecule has 3 heterocycles.